The van der Waals surface area contributed by atoms with E-state index in [1.54, 1.807) is 48.5 Å². The van der Waals surface area contributed by atoms with Gasteiger partial charge in [-0.25, -0.2) is 27.4 Å². The maximum Gasteiger partial charge on any atom is 0.271 e. The maximum absolute atomic E-state index is 13.2. The number of sulfone groups is 1. The van der Waals surface area contributed by atoms with Gasteiger partial charge in [0.25, 0.3) is 5.91 Å². The highest BCUT2D eigenvalue weighted by Crippen LogP contribution is 2.16. The van der Waals surface area contributed by atoms with Gasteiger partial charge < -0.3 is 0 Å². The molecule has 0 saturated heterocycles. The molecule has 0 heterocycles. The van der Waals surface area contributed by atoms with Gasteiger partial charge >= 0.3 is 0 Å². The fourth-order valence-electron chi connectivity index (χ4n) is 2.72. The number of anilines is 1. The summed E-state index contributed by atoms with van der Waals surface area (Å²) in [6.45, 7) is 1.39. The second-order valence-corrected chi connectivity index (χ2v) is 10.3. The highest BCUT2D eigenvalue weighted by Gasteiger charge is 2.26. The lowest BCUT2D eigenvalue weighted by Crippen LogP contribution is -2.28. The number of carbonyl (C=O) groups excluding carboxylic acids is 1. The Labute approximate surface area is 197 Å². The first-order chi connectivity index (χ1) is 16.1. The maximum atomic E-state index is 13.2. The third-order valence-corrected chi connectivity index (χ3v) is 7.17. The second-order valence-electron chi connectivity index (χ2n) is 6.92. The van der Waals surface area contributed by atoms with E-state index in [2.05, 4.69) is 21.1 Å². The van der Waals surface area contributed by atoms with Gasteiger partial charge in [0.1, 0.15) is 0 Å². The third-order valence-electron chi connectivity index (χ3n) is 4.45. The van der Waals surface area contributed by atoms with Crippen LogP contribution in [0.1, 0.15) is 17.3 Å². The van der Waals surface area contributed by atoms with E-state index in [-0.39, 0.29) is 15.5 Å². The van der Waals surface area contributed by atoms with Crippen molar-refractivity contribution in [1.82, 2.24) is 5.43 Å². The number of amides is 1. The van der Waals surface area contributed by atoms with Crippen molar-refractivity contribution in [3.63, 3.8) is 0 Å². The number of nitrogens with one attached hydrogen (secondary N) is 2. The van der Waals surface area contributed by atoms with Gasteiger partial charge in [-0.15, -0.1) is 0 Å². The Kier molecular flexibility index (Phi) is 7.56. The van der Waals surface area contributed by atoms with Gasteiger partial charge in [-0.1, -0.05) is 36.4 Å². The lowest BCUT2D eigenvalue weighted by molar-refractivity contribution is 0.0955. The Balaban J connectivity index is 1.94. The van der Waals surface area contributed by atoms with Gasteiger partial charge in [0.15, 0.2) is 0 Å². The average molecular weight is 500 g/mol. The number of sulfonamides is 1. The van der Waals surface area contributed by atoms with Crippen molar-refractivity contribution >= 4 is 42.2 Å². The summed E-state index contributed by atoms with van der Waals surface area (Å²) in [5, 5.41) is 12.6. The second kappa shape index (κ2) is 10.4. The van der Waals surface area contributed by atoms with Gasteiger partial charge in [-0.3, -0.25) is 10.2 Å². The van der Waals surface area contributed by atoms with Crippen LogP contribution in [0.2, 0.25) is 0 Å². The molecule has 12 heteroatoms. The van der Waals surface area contributed by atoms with Crippen LogP contribution in [0.25, 0.3) is 0 Å². The van der Waals surface area contributed by atoms with Gasteiger partial charge in [-0.05, 0) is 55.5 Å². The molecule has 0 fully saturated rings. The standard InChI is InChI=1S/C22H21N5O5S2/c1-16(24-26-21(28)17-8-4-2-5-9-17)22(33(29,30)19-10-6-3-7-11-19)27-25-18-12-14-20(15-13-18)34(23,31)32/h2-15,25H,1H3,(H,26,28)(H2,23,31,32)/b24-16+,27-22+. The van der Waals surface area contributed by atoms with Crippen molar-refractivity contribution < 1.29 is 21.6 Å². The SMILES string of the molecule is CC(=N\NC(=O)c1ccccc1)/C(=N\Nc1ccc(S(N)(=O)=O)cc1)S(=O)(=O)c1ccccc1. The fourth-order valence-corrected chi connectivity index (χ4v) is 4.57. The molecule has 0 radical (unpaired) electrons. The molecule has 0 atom stereocenters. The third kappa shape index (κ3) is 6.13. The van der Waals surface area contributed by atoms with Crippen molar-refractivity contribution in [2.45, 2.75) is 16.7 Å². The molecule has 0 aliphatic carbocycles. The molecule has 0 aromatic heterocycles. The van der Waals surface area contributed by atoms with Gasteiger partial charge in [0.2, 0.25) is 24.9 Å². The van der Waals surface area contributed by atoms with Crippen LogP contribution in [0.3, 0.4) is 0 Å². The number of carbonyl (C=O) groups is 1. The van der Waals surface area contributed by atoms with Gasteiger partial charge in [0.05, 0.1) is 21.2 Å². The van der Waals surface area contributed by atoms with E-state index >= 15 is 0 Å². The summed E-state index contributed by atoms with van der Waals surface area (Å²) in [5.41, 5.74) is 5.46. The molecule has 3 aromatic carbocycles. The molecule has 4 N–H and O–H groups in total. The molecule has 0 bridgehead atoms. The largest absolute Gasteiger partial charge is 0.277 e. The van der Waals surface area contributed by atoms with Crippen LogP contribution in [-0.4, -0.2) is 33.5 Å². The Hall–Kier alpha value is -3.87. The zero-order valence-electron chi connectivity index (χ0n) is 17.9. The predicted molar refractivity (Wildman–Crippen MR) is 130 cm³/mol. The smallest absolute Gasteiger partial charge is 0.271 e. The van der Waals surface area contributed by atoms with Crippen LogP contribution in [0, 0.1) is 0 Å². The molecule has 34 heavy (non-hydrogen) atoms. The molecule has 0 unspecified atom stereocenters. The summed E-state index contributed by atoms with van der Waals surface area (Å²) < 4.78 is 49.3. The van der Waals surface area contributed by atoms with Gasteiger partial charge in [-0.2, -0.15) is 10.2 Å². The number of hydrogen-bond acceptors (Lipinski definition) is 8. The van der Waals surface area contributed by atoms with Crippen molar-refractivity contribution in [3.8, 4) is 0 Å². The lowest BCUT2D eigenvalue weighted by atomic mass is 10.2. The minimum absolute atomic E-state index is 0.0240. The Morgan fingerprint density at radius 2 is 1.32 bits per heavy atom. The average Bonchev–Trinajstić information content (AvgIpc) is 2.83. The summed E-state index contributed by atoms with van der Waals surface area (Å²) in [5.74, 6) is -0.525. The molecule has 176 valence electrons. The molecular weight excluding hydrogens is 478 g/mol. The Morgan fingerprint density at radius 3 is 1.88 bits per heavy atom. The normalized spacial score (nSPS) is 12.8. The fraction of sp³-hybridized carbons (Fsp3) is 0.0455. The molecule has 1 amide bonds. The number of nitrogens with two attached hydrogens (primary N) is 1. The minimum Gasteiger partial charge on any atom is -0.277 e. The quantitative estimate of drug-likeness (QED) is 0.257. The van der Waals surface area contributed by atoms with Crippen molar-refractivity contribution in [2.24, 2.45) is 15.3 Å². The number of nitrogens with zero attached hydrogens (tertiary/aromatic N) is 2. The Morgan fingerprint density at radius 1 is 0.765 bits per heavy atom. The van der Waals surface area contributed by atoms with Crippen LogP contribution in [0.5, 0.6) is 0 Å². The van der Waals surface area contributed by atoms with Crippen LogP contribution >= 0.6 is 0 Å². The highest BCUT2D eigenvalue weighted by atomic mass is 32.2. The molecule has 0 saturated carbocycles. The van der Waals surface area contributed by atoms with E-state index in [0.717, 1.165) is 0 Å². The van der Waals surface area contributed by atoms with E-state index in [1.807, 2.05) is 0 Å². The van der Waals surface area contributed by atoms with Crippen molar-refractivity contribution in [2.75, 3.05) is 5.43 Å². The monoisotopic (exact) mass is 499 g/mol. The highest BCUT2D eigenvalue weighted by molar-refractivity contribution is 8.08. The van der Waals surface area contributed by atoms with E-state index in [9.17, 15) is 21.6 Å². The van der Waals surface area contributed by atoms with E-state index in [1.165, 1.54) is 43.3 Å². The lowest BCUT2D eigenvalue weighted by Gasteiger charge is -2.10. The summed E-state index contributed by atoms with van der Waals surface area (Å²) >= 11 is 0. The predicted octanol–water partition coefficient (Wildman–Crippen LogP) is 2.34. The van der Waals surface area contributed by atoms with Crippen LogP contribution in [0.15, 0.2) is 105 Å². The molecule has 0 aliphatic heterocycles. The zero-order valence-corrected chi connectivity index (χ0v) is 19.5. The number of hydrogen-bond donors (Lipinski definition) is 3. The van der Waals surface area contributed by atoms with Crippen molar-refractivity contribution in [3.05, 3.63) is 90.5 Å². The summed E-state index contributed by atoms with van der Waals surface area (Å²) in [6.07, 6.45) is 0. The van der Waals surface area contributed by atoms with E-state index in [4.69, 9.17) is 5.14 Å². The van der Waals surface area contributed by atoms with Crippen molar-refractivity contribution in [1.29, 1.82) is 0 Å². The van der Waals surface area contributed by atoms with Crippen LogP contribution in [0.4, 0.5) is 5.69 Å². The summed E-state index contributed by atoms with van der Waals surface area (Å²) in [7, 11) is -8.01. The topological polar surface area (TPSA) is 160 Å². The molecule has 0 spiro atoms. The number of rotatable bonds is 7. The number of hydrazone groups is 2. The molecular formula is C22H21N5O5S2. The molecule has 3 aromatic rings. The Bertz CT molecular complexity index is 1440. The zero-order chi connectivity index (χ0) is 24.8. The first-order valence-electron chi connectivity index (χ1n) is 9.76. The first kappa shape index (κ1) is 24.8. The summed E-state index contributed by atoms with van der Waals surface area (Å²) in [6, 6.07) is 21.1. The summed E-state index contributed by atoms with van der Waals surface area (Å²) in [4.78, 5) is 12.2. The molecule has 10 nitrogen and oxygen atoms in total. The number of primary sulfonamides is 1. The number of benzene rings is 3. The molecule has 0 aliphatic rings. The van der Waals surface area contributed by atoms with Gasteiger partial charge in [0, 0.05) is 5.56 Å². The minimum atomic E-state index is -4.12. The van der Waals surface area contributed by atoms with E-state index < -0.39 is 30.8 Å². The first-order valence-corrected chi connectivity index (χ1v) is 12.8. The molecule has 3 rings (SSSR count). The van der Waals surface area contributed by atoms with Crippen LogP contribution < -0.4 is 16.0 Å². The van der Waals surface area contributed by atoms with Crippen LogP contribution in [-0.2, 0) is 19.9 Å². The van der Waals surface area contributed by atoms with E-state index in [0.29, 0.717) is 11.3 Å².